The van der Waals surface area contributed by atoms with Crippen molar-refractivity contribution in [3.8, 4) is 5.75 Å². The maximum atomic E-state index is 5.40. The minimum atomic E-state index is 0.0851. The summed E-state index contributed by atoms with van der Waals surface area (Å²) in [6, 6.07) is 6.29. The van der Waals surface area contributed by atoms with Crippen LogP contribution in [0.15, 0.2) is 18.2 Å². The molecule has 3 heteroatoms. The number of methoxy groups -OCH3 is 1. The molecule has 2 nitrogen and oxygen atoms in total. The highest BCUT2D eigenvalue weighted by molar-refractivity contribution is 9.09. The van der Waals surface area contributed by atoms with Gasteiger partial charge in [-0.2, -0.15) is 0 Å². The highest BCUT2D eigenvalue weighted by atomic mass is 79.9. The molecule has 0 amide bonds. The fraction of sp³-hybridized carbons (Fsp3) is 0.538. The first-order valence-corrected chi connectivity index (χ1v) is 6.31. The summed E-state index contributed by atoms with van der Waals surface area (Å²) < 4.78 is 5.40. The van der Waals surface area contributed by atoms with Gasteiger partial charge < -0.3 is 10.1 Å². The van der Waals surface area contributed by atoms with Gasteiger partial charge in [0.25, 0.3) is 0 Å². The van der Waals surface area contributed by atoms with Crippen LogP contribution in [0.4, 0.5) is 0 Å². The van der Waals surface area contributed by atoms with E-state index in [2.05, 4.69) is 54.2 Å². The second-order valence-corrected chi connectivity index (χ2v) is 5.78. The van der Waals surface area contributed by atoms with Crippen LogP contribution in [0.3, 0.4) is 0 Å². The first kappa shape index (κ1) is 13.5. The Balaban J connectivity index is 3.22. The maximum absolute atomic E-state index is 5.40. The van der Waals surface area contributed by atoms with Crippen LogP contribution in [-0.2, 0) is 5.41 Å². The van der Waals surface area contributed by atoms with Gasteiger partial charge in [0.15, 0.2) is 0 Å². The minimum absolute atomic E-state index is 0.0851. The molecule has 0 bridgehead atoms. The molecule has 0 fully saturated rings. The Morgan fingerprint density at radius 1 is 1.31 bits per heavy atom. The molecule has 1 atom stereocenters. The van der Waals surface area contributed by atoms with Crippen LogP contribution >= 0.6 is 15.9 Å². The molecular weight excluding hydrogens is 266 g/mol. The predicted molar refractivity (Wildman–Crippen MR) is 72.4 cm³/mol. The summed E-state index contributed by atoms with van der Waals surface area (Å²) >= 11 is 3.58. The summed E-state index contributed by atoms with van der Waals surface area (Å²) in [5.74, 6) is 0.951. The van der Waals surface area contributed by atoms with E-state index in [0.29, 0.717) is 0 Å². The Hall–Kier alpha value is -0.540. The monoisotopic (exact) mass is 285 g/mol. The Morgan fingerprint density at radius 2 is 1.94 bits per heavy atom. The summed E-state index contributed by atoms with van der Waals surface area (Å²) in [5.41, 5.74) is 2.53. The van der Waals surface area contributed by atoms with E-state index < -0.39 is 0 Å². The van der Waals surface area contributed by atoms with E-state index in [1.54, 1.807) is 7.11 Å². The van der Waals surface area contributed by atoms with Crippen molar-refractivity contribution < 1.29 is 4.74 Å². The van der Waals surface area contributed by atoms with Gasteiger partial charge in [0.05, 0.1) is 12.1 Å². The van der Waals surface area contributed by atoms with Crippen LogP contribution in [0, 0.1) is 0 Å². The van der Waals surface area contributed by atoms with Gasteiger partial charge in [-0.1, -0.05) is 42.8 Å². The van der Waals surface area contributed by atoms with Crippen molar-refractivity contribution in [1.29, 1.82) is 0 Å². The molecule has 0 aromatic heterocycles. The summed E-state index contributed by atoms with van der Waals surface area (Å²) in [6.07, 6.45) is 0. The molecule has 1 N–H and O–H groups in total. The van der Waals surface area contributed by atoms with Crippen molar-refractivity contribution in [3.63, 3.8) is 0 Å². The summed E-state index contributed by atoms with van der Waals surface area (Å²) in [5, 5.41) is 3.17. The van der Waals surface area contributed by atoms with Gasteiger partial charge in [0.1, 0.15) is 5.75 Å². The van der Waals surface area contributed by atoms with Gasteiger partial charge >= 0.3 is 0 Å². The molecule has 0 saturated heterocycles. The average Bonchev–Trinajstić information content (AvgIpc) is 2.26. The van der Waals surface area contributed by atoms with E-state index in [9.17, 15) is 0 Å². The lowest BCUT2D eigenvalue weighted by Crippen LogP contribution is -2.15. The Kier molecular flexibility index (Phi) is 4.39. The molecule has 0 radical (unpaired) electrons. The van der Waals surface area contributed by atoms with E-state index >= 15 is 0 Å². The van der Waals surface area contributed by atoms with E-state index in [1.165, 1.54) is 11.1 Å². The highest BCUT2D eigenvalue weighted by Gasteiger charge is 2.20. The van der Waals surface area contributed by atoms with Gasteiger partial charge in [-0.15, -0.1) is 0 Å². The predicted octanol–water partition coefficient (Wildman–Crippen LogP) is 3.61. The lowest BCUT2D eigenvalue weighted by molar-refractivity contribution is 0.397. The molecule has 0 aliphatic heterocycles. The van der Waals surface area contributed by atoms with Crippen molar-refractivity contribution in [2.75, 3.05) is 14.2 Å². The van der Waals surface area contributed by atoms with E-state index in [4.69, 9.17) is 4.74 Å². The van der Waals surface area contributed by atoms with Gasteiger partial charge in [0.2, 0.25) is 0 Å². The number of benzene rings is 1. The Morgan fingerprint density at radius 3 is 2.38 bits per heavy atom. The number of ether oxygens (including phenoxy) is 1. The third-order valence-electron chi connectivity index (χ3n) is 2.58. The quantitative estimate of drug-likeness (QED) is 0.677. The van der Waals surface area contributed by atoms with Crippen LogP contribution in [0.1, 0.15) is 36.8 Å². The van der Waals surface area contributed by atoms with E-state index in [1.807, 2.05) is 13.1 Å². The molecule has 16 heavy (non-hydrogen) atoms. The van der Waals surface area contributed by atoms with E-state index in [0.717, 1.165) is 5.75 Å². The number of halogens is 1. The normalized spacial score (nSPS) is 13.6. The first-order chi connectivity index (χ1) is 7.40. The molecule has 1 rings (SSSR count). The molecule has 0 aliphatic carbocycles. The lowest BCUT2D eigenvalue weighted by atomic mass is 9.85. The highest BCUT2D eigenvalue weighted by Crippen LogP contribution is 2.34. The molecule has 90 valence electrons. The van der Waals surface area contributed by atoms with Crippen LogP contribution in [-0.4, -0.2) is 14.2 Å². The Labute approximate surface area is 107 Å². The topological polar surface area (TPSA) is 21.3 Å². The van der Waals surface area contributed by atoms with Crippen molar-refractivity contribution in [3.05, 3.63) is 29.3 Å². The molecule has 1 aromatic rings. The summed E-state index contributed by atoms with van der Waals surface area (Å²) in [4.78, 5) is 0.180. The number of nitrogens with one attached hydrogen (secondary N) is 1. The van der Waals surface area contributed by atoms with Gasteiger partial charge in [-0.3, -0.25) is 0 Å². The zero-order chi connectivity index (χ0) is 12.3. The molecule has 1 aromatic carbocycles. The summed E-state index contributed by atoms with van der Waals surface area (Å²) in [6.45, 7) is 6.58. The zero-order valence-electron chi connectivity index (χ0n) is 10.6. The minimum Gasteiger partial charge on any atom is -0.496 e. The number of hydrogen-bond acceptors (Lipinski definition) is 2. The first-order valence-electron chi connectivity index (χ1n) is 5.40. The van der Waals surface area contributed by atoms with Crippen LogP contribution in [0.25, 0.3) is 0 Å². The van der Waals surface area contributed by atoms with Crippen molar-refractivity contribution in [2.45, 2.75) is 31.1 Å². The van der Waals surface area contributed by atoms with Crippen molar-refractivity contribution in [2.24, 2.45) is 0 Å². The zero-order valence-corrected chi connectivity index (χ0v) is 12.2. The molecule has 0 aliphatic rings. The molecule has 0 heterocycles. The Bertz CT molecular complexity index is 357. The molecule has 0 saturated carbocycles. The third kappa shape index (κ3) is 2.98. The van der Waals surface area contributed by atoms with Gasteiger partial charge in [0, 0.05) is 0 Å². The lowest BCUT2D eigenvalue weighted by Gasteiger charge is -2.23. The third-order valence-corrected chi connectivity index (χ3v) is 3.56. The number of alkyl halides is 1. The second kappa shape index (κ2) is 5.19. The molecule has 0 spiro atoms. The summed E-state index contributed by atoms with van der Waals surface area (Å²) in [7, 11) is 3.65. The fourth-order valence-corrected chi connectivity index (χ4v) is 1.92. The largest absolute Gasteiger partial charge is 0.496 e. The number of hydrogen-bond donors (Lipinski definition) is 1. The van der Waals surface area contributed by atoms with Crippen molar-refractivity contribution in [1.82, 2.24) is 5.32 Å². The average molecular weight is 286 g/mol. The standard InChI is InChI=1S/C13H20BrNO/c1-13(2,3)10-8-9(12(14)15-4)6-7-11(10)16-5/h6-8,12,15H,1-5H3. The fourth-order valence-electron chi connectivity index (χ4n) is 1.64. The smallest absolute Gasteiger partial charge is 0.122 e. The molecular formula is C13H20BrNO. The second-order valence-electron chi connectivity index (χ2n) is 4.86. The van der Waals surface area contributed by atoms with E-state index in [-0.39, 0.29) is 10.4 Å². The van der Waals surface area contributed by atoms with Gasteiger partial charge in [-0.05, 0) is 35.7 Å². The van der Waals surface area contributed by atoms with Crippen molar-refractivity contribution >= 4 is 15.9 Å². The number of rotatable bonds is 3. The SMILES string of the molecule is CNC(Br)c1ccc(OC)c(C(C)(C)C)c1. The van der Waals surface area contributed by atoms with Crippen LogP contribution < -0.4 is 10.1 Å². The molecule has 1 unspecified atom stereocenters. The van der Waals surface area contributed by atoms with Crippen LogP contribution in [0.5, 0.6) is 5.75 Å². The maximum Gasteiger partial charge on any atom is 0.122 e. The van der Waals surface area contributed by atoms with Gasteiger partial charge in [-0.25, -0.2) is 0 Å². The van der Waals surface area contributed by atoms with Crippen LogP contribution in [0.2, 0.25) is 0 Å².